The van der Waals surface area contributed by atoms with E-state index in [0.717, 1.165) is 0 Å². The molecule has 0 amide bonds. The van der Waals surface area contributed by atoms with Crippen LogP contribution in [0.25, 0.3) is 0 Å². The average molecular weight is 346 g/mol. The molecule has 0 N–H and O–H groups in total. The van der Waals surface area contributed by atoms with E-state index in [1.165, 1.54) is 108 Å². The maximum Gasteiger partial charge on any atom is 0.0395 e. The lowest BCUT2D eigenvalue weighted by Gasteiger charge is -2.26. The van der Waals surface area contributed by atoms with Gasteiger partial charge >= 0.3 is 0 Å². The van der Waals surface area contributed by atoms with Crippen LogP contribution in [0.2, 0.25) is 0 Å². The molecule has 0 atom stereocenters. The second-order valence-corrected chi connectivity index (χ2v) is 7.66. The summed E-state index contributed by atoms with van der Waals surface area (Å²) in [5.74, 6) is 0. The maximum atomic E-state index is 2.65. The van der Waals surface area contributed by atoms with Crippen LogP contribution in [0.15, 0.2) is 24.3 Å². The first-order chi connectivity index (χ1) is 12.3. The van der Waals surface area contributed by atoms with Gasteiger partial charge in [0.15, 0.2) is 0 Å². The van der Waals surface area contributed by atoms with Crippen molar-refractivity contribution in [2.75, 3.05) is 18.0 Å². The molecule has 1 aromatic rings. The van der Waals surface area contributed by atoms with E-state index in [-0.39, 0.29) is 0 Å². The van der Waals surface area contributed by atoms with Crippen LogP contribution in [-0.2, 0) is 0 Å². The standard InChI is InChI=1S/C24H43N/c1-4-6-8-10-12-14-18-22-25(21-17-13-11-9-7-5-2)24-20-16-15-19-23(24)3/h15-16,19-20H,4-14,17-18,21-22H2,1-3H3. The molecule has 25 heavy (non-hydrogen) atoms. The van der Waals surface area contributed by atoms with E-state index in [4.69, 9.17) is 0 Å². The lowest BCUT2D eigenvalue weighted by Crippen LogP contribution is -2.26. The lowest BCUT2D eigenvalue weighted by atomic mass is 10.1. The zero-order chi connectivity index (χ0) is 18.2. The number of hydrogen-bond acceptors (Lipinski definition) is 1. The van der Waals surface area contributed by atoms with Gasteiger partial charge < -0.3 is 4.90 Å². The van der Waals surface area contributed by atoms with Crippen LogP contribution >= 0.6 is 0 Å². The minimum atomic E-state index is 1.23. The minimum Gasteiger partial charge on any atom is -0.371 e. The molecule has 1 aromatic carbocycles. The van der Waals surface area contributed by atoms with Crippen molar-refractivity contribution in [3.63, 3.8) is 0 Å². The Morgan fingerprint density at radius 3 is 1.52 bits per heavy atom. The Morgan fingerprint density at radius 1 is 0.600 bits per heavy atom. The Hall–Kier alpha value is -0.980. The van der Waals surface area contributed by atoms with Crippen LogP contribution < -0.4 is 4.90 Å². The normalized spacial score (nSPS) is 11.0. The number of rotatable bonds is 16. The average Bonchev–Trinajstić information content (AvgIpc) is 2.62. The quantitative estimate of drug-likeness (QED) is 0.275. The molecule has 0 heterocycles. The van der Waals surface area contributed by atoms with E-state index in [2.05, 4.69) is 49.9 Å². The molecule has 0 fully saturated rings. The molecule has 144 valence electrons. The van der Waals surface area contributed by atoms with Crippen LogP contribution in [-0.4, -0.2) is 13.1 Å². The Bertz CT molecular complexity index is 412. The van der Waals surface area contributed by atoms with Crippen molar-refractivity contribution in [1.82, 2.24) is 0 Å². The van der Waals surface area contributed by atoms with Crippen molar-refractivity contribution in [1.29, 1.82) is 0 Å². The Morgan fingerprint density at radius 2 is 1.04 bits per heavy atom. The van der Waals surface area contributed by atoms with Gasteiger partial charge in [-0.15, -0.1) is 0 Å². The summed E-state index contributed by atoms with van der Waals surface area (Å²) >= 11 is 0. The molecule has 1 rings (SSSR count). The molecular weight excluding hydrogens is 302 g/mol. The van der Waals surface area contributed by atoms with Gasteiger partial charge in [0.25, 0.3) is 0 Å². The molecule has 0 aliphatic heterocycles. The molecule has 0 bridgehead atoms. The number of aryl methyl sites for hydroxylation is 1. The van der Waals surface area contributed by atoms with E-state index in [0.29, 0.717) is 0 Å². The van der Waals surface area contributed by atoms with Crippen LogP contribution in [0.1, 0.15) is 103 Å². The topological polar surface area (TPSA) is 3.24 Å². The summed E-state index contributed by atoms with van der Waals surface area (Å²) in [6, 6.07) is 8.93. The van der Waals surface area contributed by atoms with Crippen molar-refractivity contribution < 1.29 is 0 Å². The second-order valence-electron chi connectivity index (χ2n) is 7.66. The van der Waals surface area contributed by atoms with Crippen molar-refractivity contribution in [3.05, 3.63) is 29.8 Å². The summed E-state index contributed by atoms with van der Waals surface area (Å²) in [5, 5.41) is 0. The first kappa shape index (κ1) is 22.1. The molecule has 0 spiro atoms. The number of hydrogen-bond donors (Lipinski definition) is 0. The third kappa shape index (κ3) is 10.6. The molecule has 0 saturated heterocycles. The van der Waals surface area contributed by atoms with E-state index in [1.54, 1.807) is 0 Å². The number of benzene rings is 1. The highest BCUT2D eigenvalue weighted by Crippen LogP contribution is 2.21. The predicted octanol–water partition coefficient (Wildman–Crippen LogP) is 7.91. The third-order valence-corrected chi connectivity index (χ3v) is 5.27. The van der Waals surface area contributed by atoms with Gasteiger partial charge in [-0.05, 0) is 31.4 Å². The van der Waals surface area contributed by atoms with Crippen molar-refractivity contribution in [2.24, 2.45) is 0 Å². The van der Waals surface area contributed by atoms with Gasteiger partial charge in [-0.2, -0.15) is 0 Å². The Labute approximate surface area is 158 Å². The summed E-state index contributed by atoms with van der Waals surface area (Å²) in [6.45, 7) is 9.30. The van der Waals surface area contributed by atoms with Crippen LogP contribution in [0.3, 0.4) is 0 Å². The Kier molecular flexibility index (Phi) is 13.5. The summed E-state index contributed by atoms with van der Waals surface area (Å²) in [4.78, 5) is 2.65. The van der Waals surface area contributed by atoms with Crippen LogP contribution in [0.4, 0.5) is 5.69 Å². The zero-order valence-electron chi connectivity index (χ0n) is 17.4. The third-order valence-electron chi connectivity index (χ3n) is 5.27. The molecule has 1 heteroatoms. The fourth-order valence-electron chi connectivity index (χ4n) is 3.61. The van der Waals surface area contributed by atoms with Crippen LogP contribution in [0, 0.1) is 6.92 Å². The van der Waals surface area contributed by atoms with Gasteiger partial charge in [0, 0.05) is 18.8 Å². The molecule has 0 unspecified atom stereocenters. The van der Waals surface area contributed by atoms with Gasteiger partial charge in [-0.1, -0.05) is 103 Å². The number of unbranched alkanes of at least 4 members (excludes halogenated alkanes) is 11. The van der Waals surface area contributed by atoms with Crippen LogP contribution in [0.5, 0.6) is 0 Å². The first-order valence-corrected chi connectivity index (χ1v) is 11.1. The van der Waals surface area contributed by atoms with Crippen molar-refractivity contribution in [2.45, 2.75) is 104 Å². The highest BCUT2D eigenvalue weighted by Gasteiger charge is 2.08. The molecule has 0 aliphatic rings. The van der Waals surface area contributed by atoms with Gasteiger partial charge in [0.2, 0.25) is 0 Å². The van der Waals surface area contributed by atoms with Gasteiger partial charge in [0.05, 0.1) is 0 Å². The summed E-state index contributed by atoms with van der Waals surface area (Å²) in [5.41, 5.74) is 2.89. The van der Waals surface area contributed by atoms with Crippen molar-refractivity contribution in [3.8, 4) is 0 Å². The highest BCUT2D eigenvalue weighted by molar-refractivity contribution is 5.52. The number of nitrogens with zero attached hydrogens (tertiary/aromatic N) is 1. The molecular formula is C24H43N. The van der Waals surface area contributed by atoms with E-state index < -0.39 is 0 Å². The smallest absolute Gasteiger partial charge is 0.0395 e. The van der Waals surface area contributed by atoms with E-state index in [1.807, 2.05) is 0 Å². The van der Waals surface area contributed by atoms with E-state index >= 15 is 0 Å². The maximum absolute atomic E-state index is 2.65. The molecule has 0 aliphatic carbocycles. The highest BCUT2D eigenvalue weighted by atomic mass is 15.1. The number of para-hydroxylation sites is 1. The second kappa shape index (κ2) is 15.3. The summed E-state index contributed by atoms with van der Waals surface area (Å²) in [6.07, 6.45) is 18.1. The predicted molar refractivity (Wildman–Crippen MR) is 115 cm³/mol. The van der Waals surface area contributed by atoms with E-state index in [9.17, 15) is 0 Å². The SMILES string of the molecule is CCCCCCCCCN(CCCCCCCC)c1ccccc1C. The number of anilines is 1. The summed E-state index contributed by atoms with van der Waals surface area (Å²) in [7, 11) is 0. The fraction of sp³-hybridized carbons (Fsp3) is 0.750. The van der Waals surface area contributed by atoms with Gasteiger partial charge in [-0.3, -0.25) is 0 Å². The molecule has 0 aromatic heterocycles. The first-order valence-electron chi connectivity index (χ1n) is 11.1. The monoisotopic (exact) mass is 345 g/mol. The molecule has 0 saturated carbocycles. The van der Waals surface area contributed by atoms with Gasteiger partial charge in [-0.25, -0.2) is 0 Å². The fourth-order valence-corrected chi connectivity index (χ4v) is 3.61. The lowest BCUT2D eigenvalue weighted by molar-refractivity contribution is 0.568. The molecule has 1 nitrogen and oxygen atoms in total. The summed E-state index contributed by atoms with van der Waals surface area (Å²) < 4.78 is 0. The molecule has 0 radical (unpaired) electrons. The Balaban J connectivity index is 2.34. The largest absolute Gasteiger partial charge is 0.371 e. The van der Waals surface area contributed by atoms with Crippen molar-refractivity contribution >= 4 is 5.69 Å². The van der Waals surface area contributed by atoms with Gasteiger partial charge in [0.1, 0.15) is 0 Å². The zero-order valence-corrected chi connectivity index (χ0v) is 17.4. The minimum absolute atomic E-state index is 1.23.